The molecule has 1 aromatic carbocycles. The molecule has 0 spiro atoms. The normalized spacial score (nSPS) is 20.2. The summed E-state index contributed by atoms with van der Waals surface area (Å²) in [5.74, 6) is -0.823. The zero-order valence-electron chi connectivity index (χ0n) is 10.5. The quantitative estimate of drug-likeness (QED) is 0.899. The van der Waals surface area contributed by atoms with Crippen molar-refractivity contribution in [3.05, 3.63) is 34.6 Å². The Morgan fingerprint density at radius 3 is 2.89 bits per heavy atom. The van der Waals surface area contributed by atoms with Crippen LogP contribution in [0.3, 0.4) is 0 Å². The smallest absolute Gasteiger partial charge is 0.245 e. The maximum absolute atomic E-state index is 13.7. The van der Waals surface area contributed by atoms with Crippen molar-refractivity contribution < 1.29 is 14.0 Å². The maximum Gasteiger partial charge on any atom is 0.245 e. The van der Waals surface area contributed by atoms with Gasteiger partial charge in [-0.25, -0.2) is 4.39 Å². The van der Waals surface area contributed by atoms with E-state index in [-0.39, 0.29) is 31.3 Å². The first-order chi connectivity index (χ1) is 8.97. The van der Waals surface area contributed by atoms with Crippen LogP contribution in [0.5, 0.6) is 0 Å². The predicted molar refractivity (Wildman–Crippen MR) is 69.0 cm³/mol. The fourth-order valence-electron chi connectivity index (χ4n) is 2.01. The fraction of sp³-hybridized carbons (Fsp3) is 0.385. The molecule has 1 N–H and O–H groups in total. The highest BCUT2D eigenvalue weighted by molar-refractivity contribution is 6.30. The van der Waals surface area contributed by atoms with Crippen LogP contribution in [0.25, 0.3) is 0 Å². The summed E-state index contributed by atoms with van der Waals surface area (Å²) in [6.45, 7) is 2.05. The lowest BCUT2D eigenvalue weighted by molar-refractivity contribution is -0.133. The zero-order valence-corrected chi connectivity index (χ0v) is 11.2. The van der Waals surface area contributed by atoms with Gasteiger partial charge in [0.15, 0.2) is 0 Å². The van der Waals surface area contributed by atoms with E-state index in [1.54, 1.807) is 19.1 Å². The average Bonchev–Trinajstić information content (AvgIpc) is 2.46. The molecule has 0 aliphatic carbocycles. The Morgan fingerprint density at radius 1 is 1.47 bits per heavy atom. The first-order valence-electron chi connectivity index (χ1n) is 5.99. The van der Waals surface area contributed by atoms with Crippen molar-refractivity contribution in [2.75, 3.05) is 6.54 Å². The van der Waals surface area contributed by atoms with Gasteiger partial charge in [-0.15, -0.1) is 0 Å². The topological polar surface area (TPSA) is 49.4 Å². The molecule has 1 saturated heterocycles. The van der Waals surface area contributed by atoms with Gasteiger partial charge in [0.25, 0.3) is 0 Å². The monoisotopic (exact) mass is 284 g/mol. The number of carbonyl (C=O) groups is 2. The number of carbonyl (C=O) groups excluding carboxylic acids is 2. The van der Waals surface area contributed by atoms with Crippen LogP contribution in [-0.4, -0.2) is 29.3 Å². The number of nitrogens with one attached hydrogen (secondary N) is 1. The molecule has 1 atom stereocenters. The van der Waals surface area contributed by atoms with Gasteiger partial charge in [-0.2, -0.15) is 0 Å². The molecular formula is C13H14ClFN2O2. The third-order valence-electron chi connectivity index (χ3n) is 3.04. The van der Waals surface area contributed by atoms with Crippen LogP contribution in [0.4, 0.5) is 4.39 Å². The first kappa shape index (κ1) is 13.8. The van der Waals surface area contributed by atoms with E-state index in [1.807, 2.05) is 0 Å². The predicted octanol–water partition coefficient (Wildman–Crippen LogP) is 1.72. The lowest BCUT2D eigenvalue weighted by Gasteiger charge is -2.22. The lowest BCUT2D eigenvalue weighted by atomic mass is 10.2. The lowest BCUT2D eigenvalue weighted by Crippen LogP contribution is -2.42. The summed E-state index contributed by atoms with van der Waals surface area (Å²) in [6, 6.07) is 3.77. The van der Waals surface area contributed by atoms with E-state index in [0.29, 0.717) is 10.6 Å². The van der Waals surface area contributed by atoms with Crippen molar-refractivity contribution in [2.45, 2.75) is 25.9 Å². The highest BCUT2D eigenvalue weighted by atomic mass is 35.5. The average molecular weight is 285 g/mol. The second-order valence-corrected chi connectivity index (χ2v) is 4.97. The van der Waals surface area contributed by atoms with Gasteiger partial charge in [-0.05, 0) is 19.1 Å². The summed E-state index contributed by atoms with van der Waals surface area (Å²) >= 11 is 5.68. The van der Waals surface area contributed by atoms with Gasteiger partial charge in [0.2, 0.25) is 11.8 Å². The van der Waals surface area contributed by atoms with Crippen molar-refractivity contribution >= 4 is 23.4 Å². The van der Waals surface area contributed by atoms with Gasteiger partial charge >= 0.3 is 0 Å². The molecule has 102 valence electrons. The van der Waals surface area contributed by atoms with Crippen LogP contribution < -0.4 is 5.32 Å². The third-order valence-corrected chi connectivity index (χ3v) is 3.28. The van der Waals surface area contributed by atoms with Gasteiger partial charge in [0.1, 0.15) is 11.9 Å². The summed E-state index contributed by atoms with van der Waals surface area (Å²) in [5, 5.41) is 2.90. The molecule has 19 heavy (non-hydrogen) atoms. The van der Waals surface area contributed by atoms with Crippen LogP contribution in [0.2, 0.25) is 5.02 Å². The molecule has 1 unspecified atom stereocenters. The largest absolute Gasteiger partial charge is 0.345 e. The maximum atomic E-state index is 13.7. The molecule has 1 aromatic rings. The van der Waals surface area contributed by atoms with E-state index in [0.717, 1.165) is 0 Å². The minimum atomic E-state index is -0.578. The standard InChI is InChI=1S/C13H14ClFN2O2/c1-8-13(19)17(5-4-12(18)16-8)7-9-2-3-10(14)6-11(9)15/h2-3,6,8H,4-5,7H2,1H3,(H,16,18). The number of benzene rings is 1. The molecule has 0 aromatic heterocycles. The van der Waals surface area contributed by atoms with Crippen LogP contribution in [-0.2, 0) is 16.1 Å². The molecule has 0 saturated carbocycles. The Balaban J connectivity index is 2.17. The van der Waals surface area contributed by atoms with Crippen LogP contribution in [0, 0.1) is 5.82 Å². The third kappa shape index (κ3) is 3.23. The molecular weight excluding hydrogens is 271 g/mol. The number of hydrogen-bond donors (Lipinski definition) is 1. The fourth-order valence-corrected chi connectivity index (χ4v) is 2.17. The van der Waals surface area contributed by atoms with E-state index < -0.39 is 11.9 Å². The summed E-state index contributed by atoms with van der Waals surface area (Å²) < 4.78 is 13.7. The molecule has 1 heterocycles. The van der Waals surface area contributed by atoms with E-state index in [4.69, 9.17) is 11.6 Å². The van der Waals surface area contributed by atoms with Crippen LogP contribution in [0.1, 0.15) is 18.9 Å². The van der Waals surface area contributed by atoms with Crippen molar-refractivity contribution in [3.63, 3.8) is 0 Å². The summed E-state index contributed by atoms with van der Waals surface area (Å²) in [6.07, 6.45) is 0.227. The van der Waals surface area contributed by atoms with E-state index in [1.165, 1.54) is 11.0 Å². The second-order valence-electron chi connectivity index (χ2n) is 4.53. The molecule has 1 fully saturated rings. The Kier molecular flexibility index (Phi) is 4.04. The van der Waals surface area contributed by atoms with Gasteiger partial charge in [0.05, 0.1) is 0 Å². The minimum absolute atomic E-state index is 0.140. The molecule has 2 rings (SSSR count). The highest BCUT2D eigenvalue weighted by Gasteiger charge is 2.26. The van der Waals surface area contributed by atoms with Crippen LogP contribution >= 0.6 is 11.6 Å². The van der Waals surface area contributed by atoms with E-state index >= 15 is 0 Å². The summed E-state index contributed by atoms with van der Waals surface area (Å²) in [7, 11) is 0. The number of hydrogen-bond acceptors (Lipinski definition) is 2. The molecule has 0 radical (unpaired) electrons. The van der Waals surface area contributed by atoms with Gasteiger partial charge in [0, 0.05) is 30.1 Å². The van der Waals surface area contributed by atoms with Crippen molar-refractivity contribution in [3.8, 4) is 0 Å². The Bertz CT molecular complexity index is 521. The van der Waals surface area contributed by atoms with Gasteiger partial charge in [-0.3, -0.25) is 9.59 Å². The van der Waals surface area contributed by atoms with Crippen molar-refractivity contribution in [2.24, 2.45) is 0 Å². The number of halogens is 2. The Labute approximate surface area is 115 Å². The molecule has 4 nitrogen and oxygen atoms in total. The molecule has 2 amide bonds. The van der Waals surface area contributed by atoms with Gasteiger partial charge in [-0.1, -0.05) is 17.7 Å². The van der Waals surface area contributed by atoms with Gasteiger partial charge < -0.3 is 10.2 Å². The SMILES string of the molecule is CC1NC(=O)CCN(Cc2ccc(Cl)cc2F)C1=O. The zero-order chi connectivity index (χ0) is 14.0. The Morgan fingerprint density at radius 2 is 2.21 bits per heavy atom. The number of nitrogens with zero attached hydrogens (tertiary/aromatic N) is 1. The van der Waals surface area contributed by atoms with E-state index in [2.05, 4.69) is 5.32 Å². The minimum Gasteiger partial charge on any atom is -0.345 e. The summed E-state index contributed by atoms with van der Waals surface area (Å²) in [5.41, 5.74) is 0.388. The summed E-state index contributed by atoms with van der Waals surface area (Å²) in [4.78, 5) is 24.9. The highest BCUT2D eigenvalue weighted by Crippen LogP contribution is 2.17. The van der Waals surface area contributed by atoms with Crippen LogP contribution in [0.15, 0.2) is 18.2 Å². The second kappa shape index (κ2) is 5.57. The molecule has 0 bridgehead atoms. The molecule has 1 aliphatic heterocycles. The van der Waals surface area contributed by atoms with Crippen molar-refractivity contribution in [1.82, 2.24) is 10.2 Å². The first-order valence-corrected chi connectivity index (χ1v) is 6.37. The van der Waals surface area contributed by atoms with Crippen molar-refractivity contribution in [1.29, 1.82) is 0 Å². The Hall–Kier alpha value is -1.62. The molecule has 6 heteroatoms. The van der Waals surface area contributed by atoms with E-state index in [9.17, 15) is 14.0 Å². The number of rotatable bonds is 2. The molecule has 1 aliphatic rings. The number of amides is 2.